The van der Waals surface area contributed by atoms with Crippen molar-refractivity contribution < 1.29 is 22.7 Å². The van der Waals surface area contributed by atoms with E-state index in [2.05, 4.69) is 22.3 Å². The molecule has 1 aliphatic rings. The van der Waals surface area contributed by atoms with E-state index >= 15 is 0 Å². The highest BCUT2D eigenvalue weighted by Gasteiger charge is 2.31. The monoisotopic (exact) mass is 509 g/mol. The maximum Gasteiger partial charge on any atom is 0.244 e. The maximum absolute atomic E-state index is 13.1. The molecule has 0 unspecified atom stereocenters. The molecule has 186 valence electrons. The number of morpholine rings is 1. The van der Waals surface area contributed by atoms with E-state index < -0.39 is 16.1 Å². The number of hydrogen-bond donors (Lipinski definition) is 1. The van der Waals surface area contributed by atoms with Gasteiger partial charge >= 0.3 is 0 Å². The highest BCUT2D eigenvalue weighted by Crippen LogP contribution is 2.31. The number of nitrogens with one attached hydrogen (secondary N) is 1. The van der Waals surface area contributed by atoms with Crippen LogP contribution < -0.4 is 14.4 Å². The van der Waals surface area contributed by atoms with Crippen LogP contribution in [0, 0.1) is 0 Å². The highest BCUT2D eigenvalue weighted by molar-refractivity contribution is 7.92. The van der Waals surface area contributed by atoms with Crippen molar-refractivity contribution in [1.82, 2.24) is 10.2 Å². The van der Waals surface area contributed by atoms with Gasteiger partial charge in [0.25, 0.3) is 0 Å². The number of ether oxygens (including phenoxy) is 2. The van der Waals surface area contributed by atoms with E-state index in [-0.39, 0.29) is 10.9 Å². The third-order valence-electron chi connectivity index (χ3n) is 5.72. The lowest BCUT2D eigenvalue weighted by molar-refractivity contribution is -0.122. The quantitative estimate of drug-likeness (QED) is 0.529. The van der Waals surface area contributed by atoms with Crippen LogP contribution in [0.3, 0.4) is 0 Å². The highest BCUT2D eigenvalue weighted by atomic mass is 35.5. The second kappa shape index (κ2) is 11.9. The molecular weight excluding hydrogens is 478 g/mol. The zero-order valence-electron chi connectivity index (χ0n) is 19.8. The third-order valence-corrected chi connectivity index (χ3v) is 7.19. The van der Waals surface area contributed by atoms with Crippen molar-refractivity contribution in [1.29, 1.82) is 0 Å². The van der Waals surface area contributed by atoms with Crippen molar-refractivity contribution in [3.63, 3.8) is 0 Å². The Kier molecular flexibility index (Phi) is 9.18. The molecule has 34 heavy (non-hydrogen) atoms. The number of rotatable bonds is 10. The van der Waals surface area contributed by atoms with Crippen molar-refractivity contribution in [3.8, 4) is 5.75 Å². The number of hydrogen-bond acceptors (Lipinski definition) is 6. The Hall–Kier alpha value is -2.33. The Bertz CT molecular complexity index is 1070. The predicted molar refractivity (Wildman–Crippen MR) is 134 cm³/mol. The van der Waals surface area contributed by atoms with E-state index in [9.17, 15) is 13.2 Å². The molecule has 1 fully saturated rings. The van der Waals surface area contributed by atoms with Crippen LogP contribution in [0.4, 0.5) is 5.69 Å². The fourth-order valence-corrected chi connectivity index (χ4v) is 5.40. The largest absolute Gasteiger partial charge is 0.495 e. The average Bonchev–Trinajstić information content (AvgIpc) is 2.81. The minimum atomic E-state index is -3.75. The molecular formula is C24H32ClN3O5S. The first kappa shape index (κ1) is 26.3. The molecule has 3 rings (SSSR count). The molecule has 8 nitrogen and oxygen atoms in total. The fraction of sp³-hybridized carbons (Fsp3) is 0.458. The molecule has 0 aromatic heterocycles. The summed E-state index contributed by atoms with van der Waals surface area (Å²) in [6, 6.07) is 11.8. The summed E-state index contributed by atoms with van der Waals surface area (Å²) in [6.07, 6.45) is 1.37. The van der Waals surface area contributed by atoms with Gasteiger partial charge in [0.05, 0.1) is 37.3 Å². The lowest BCUT2D eigenvalue weighted by Crippen LogP contribution is -2.49. The number of nitrogens with zero attached hydrogens (tertiary/aromatic N) is 2. The van der Waals surface area contributed by atoms with Gasteiger partial charge in [-0.3, -0.25) is 14.0 Å². The van der Waals surface area contributed by atoms with Crippen LogP contribution in [0.25, 0.3) is 0 Å². The van der Waals surface area contributed by atoms with Crippen molar-refractivity contribution in [2.45, 2.75) is 32.5 Å². The van der Waals surface area contributed by atoms with Crippen molar-refractivity contribution >= 4 is 33.2 Å². The first-order valence-corrected chi connectivity index (χ1v) is 13.4. The SMILES string of the molecule is CC[C@H](C(=O)NCc1ccc(CN2CCOCC2)cc1)N(c1ccc(OC)c(Cl)c1)S(C)(=O)=O. The molecule has 1 atom stereocenters. The number of sulfonamides is 1. The molecule has 2 aromatic rings. The van der Waals surface area contributed by atoms with Crippen LogP contribution in [0.2, 0.25) is 5.02 Å². The fourth-order valence-electron chi connectivity index (χ4n) is 3.94. The average molecular weight is 510 g/mol. The molecule has 0 spiro atoms. The van der Waals surface area contributed by atoms with Crippen LogP contribution in [0.15, 0.2) is 42.5 Å². The molecule has 0 radical (unpaired) electrons. The van der Waals surface area contributed by atoms with Crippen LogP contribution in [0.5, 0.6) is 5.75 Å². The van der Waals surface area contributed by atoms with Gasteiger partial charge in [-0.2, -0.15) is 0 Å². The second-order valence-electron chi connectivity index (χ2n) is 8.22. The molecule has 0 bridgehead atoms. The first-order chi connectivity index (χ1) is 16.2. The van der Waals surface area contributed by atoms with E-state index in [1.807, 2.05) is 12.1 Å². The van der Waals surface area contributed by atoms with Crippen LogP contribution in [0.1, 0.15) is 24.5 Å². The predicted octanol–water partition coefficient (Wildman–Crippen LogP) is 3.04. The van der Waals surface area contributed by atoms with Gasteiger partial charge in [-0.15, -0.1) is 0 Å². The van der Waals surface area contributed by atoms with Crippen LogP contribution in [-0.4, -0.2) is 64.9 Å². The van der Waals surface area contributed by atoms with E-state index in [1.54, 1.807) is 19.1 Å². The van der Waals surface area contributed by atoms with Gasteiger partial charge in [0.1, 0.15) is 11.8 Å². The lowest BCUT2D eigenvalue weighted by atomic mass is 10.1. The molecule has 1 saturated heterocycles. The minimum Gasteiger partial charge on any atom is -0.495 e. The Morgan fingerprint density at radius 3 is 2.38 bits per heavy atom. The Balaban J connectivity index is 1.68. The number of halogens is 1. The van der Waals surface area contributed by atoms with E-state index in [1.165, 1.54) is 18.7 Å². The normalized spacial score (nSPS) is 15.5. The van der Waals surface area contributed by atoms with Gasteiger partial charge in [0.15, 0.2) is 0 Å². The third kappa shape index (κ3) is 6.85. The number of carbonyl (C=O) groups is 1. The summed E-state index contributed by atoms with van der Waals surface area (Å²) in [6.45, 7) is 6.30. The molecule has 1 amide bonds. The van der Waals surface area contributed by atoms with Gasteiger partial charge < -0.3 is 14.8 Å². The van der Waals surface area contributed by atoms with Crippen molar-refractivity contribution in [2.75, 3.05) is 44.0 Å². The summed E-state index contributed by atoms with van der Waals surface area (Å²) in [7, 11) is -2.28. The topological polar surface area (TPSA) is 88.2 Å². The van der Waals surface area contributed by atoms with Gasteiger partial charge in [0.2, 0.25) is 15.9 Å². The van der Waals surface area contributed by atoms with Crippen molar-refractivity contribution in [2.24, 2.45) is 0 Å². The van der Waals surface area contributed by atoms with Crippen LogP contribution >= 0.6 is 11.6 Å². The van der Waals surface area contributed by atoms with Gasteiger partial charge in [0, 0.05) is 26.2 Å². The molecule has 0 saturated carbocycles. The molecule has 10 heteroatoms. The number of amides is 1. The summed E-state index contributed by atoms with van der Waals surface area (Å²) in [4.78, 5) is 15.4. The lowest BCUT2D eigenvalue weighted by Gasteiger charge is -2.30. The summed E-state index contributed by atoms with van der Waals surface area (Å²) in [5, 5.41) is 3.15. The molecule has 1 N–H and O–H groups in total. The standard InChI is InChI=1S/C24H32ClN3O5S/c1-4-22(28(34(3,30)31)20-9-10-23(32-2)21(25)15-20)24(29)26-16-18-5-7-19(8-6-18)17-27-11-13-33-14-12-27/h5-10,15,22H,4,11-14,16-17H2,1-3H3,(H,26,29)/t22-/m1/s1. The molecule has 1 heterocycles. The summed E-state index contributed by atoms with van der Waals surface area (Å²) < 4.78 is 36.9. The van der Waals surface area contributed by atoms with Crippen LogP contribution in [-0.2, 0) is 32.6 Å². The number of benzene rings is 2. The van der Waals surface area contributed by atoms with Gasteiger partial charge in [-0.25, -0.2) is 8.42 Å². The number of methoxy groups -OCH3 is 1. The maximum atomic E-state index is 13.1. The Labute approximate surface area is 206 Å². The number of carbonyl (C=O) groups excluding carboxylic acids is 1. The van der Waals surface area contributed by atoms with E-state index in [0.717, 1.165) is 49.0 Å². The van der Waals surface area contributed by atoms with Gasteiger partial charge in [-0.1, -0.05) is 42.8 Å². The summed E-state index contributed by atoms with van der Waals surface area (Å²) in [5.41, 5.74) is 2.44. The molecule has 2 aromatic carbocycles. The number of anilines is 1. The van der Waals surface area contributed by atoms with E-state index in [4.69, 9.17) is 21.1 Å². The molecule has 0 aliphatic carbocycles. The molecule has 1 aliphatic heterocycles. The summed E-state index contributed by atoms with van der Waals surface area (Å²) in [5.74, 6) is 0.0469. The first-order valence-electron chi connectivity index (χ1n) is 11.2. The van der Waals surface area contributed by atoms with Gasteiger partial charge in [-0.05, 0) is 35.7 Å². The Morgan fingerprint density at radius 2 is 1.82 bits per heavy atom. The Morgan fingerprint density at radius 1 is 1.18 bits per heavy atom. The zero-order chi connectivity index (χ0) is 24.7. The summed E-state index contributed by atoms with van der Waals surface area (Å²) >= 11 is 6.21. The zero-order valence-corrected chi connectivity index (χ0v) is 21.4. The second-order valence-corrected chi connectivity index (χ2v) is 10.5. The van der Waals surface area contributed by atoms with E-state index in [0.29, 0.717) is 24.4 Å². The minimum absolute atomic E-state index is 0.265. The smallest absolute Gasteiger partial charge is 0.244 e. The van der Waals surface area contributed by atoms with Crippen molar-refractivity contribution in [3.05, 3.63) is 58.6 Å².